The molecule has 0 N–H and O–H groups in total. The van der Waals surface area contributed by atoms with Crippen molar-refractivity contribution in [1.29, 1.82) is 5.26 Å². The Bertz CT molecular complexity index is 773. The number of hydrogen-bond acceptors (Lipinski definition) is 7. The van der Waals surface area contributed by atoms with E-state index in [1.807, 2.05) is 23.6 Å². The monoisotopic (exact) mass is 388 g/mol. The van der Waals surface area contributed by atoms with Crippen LogP contribution in [0.5, 0.6) is 11.5 Å². The Morgan fingerprint density at radius 1 is 1.42 bits per heavy atom. The highest BCUT2D eigenvalue weighted by molar-refractivity contribution is 8.00. The van der Waals surface area contributed by atoms with Gasteiger partial charge in [0.25, 0.3) is 0 Å². The number of carbonyl (C=O) groups excluding carboxylic acids is 1. The van der Waals surface area contributed by atoms with Crippen LogP contribution in [0.3, 0.4) is 0 Å². The molecule has 3 rings (SSSR count). The van der Waals surface area contributed by atoms with Crippen LogP contribution in [0, 0.1) is 29.1 Å². The van der Waals surface area contributed by atoms with Crippen LogP contribution < -0.4 is 9.47 Å². The van der Waals surface area contributed by atoms with E-state index in [4.69, 9.17) is 9.47 Å². The first kappa shape index (κ1) is 18.7. The number of thiazole rings is 1. The van der Waals surface area contributed by atoms with E-state index < -0.39 is 0 Å². The van der Waals surface area contributed by atoms with E-state index in [1.165, 1.54) is 0 Å². The molecule has 1 unspecified atom stereocenters. The number of nitriles is 1. The van der Waals surface area contributed by atoms with Gasteiger partial charge in [-0.3, -0.25) is 4.79 Å². The van der Waals surface area contributed by atoms with Gasteiger partial charge in [-0.25, -0.2) is 4.98 Å². The lowest BCUT2D eigenvalue weighted by molar-refractivity contribution is -0.122. The molecule has 1 fully saturated rings. The lowest BCUT2D eigenvalue weighted by Gasteiger charge is -2.20. The Labute approximate surface area is 161 Å². The molecule has 7 heteroatoms. The zero-order valence-electron chi connectivity index (χ0n) is 14.5. The smallest absolute Gasteiger partial charge is 0.149 e. The summed E-state index contributed by atoms with van der Waals surface area (Å²) < 4.78 is 12.1. The zero-order chi connectivity index (χ0) is 18.4. The van der Waals surface area contributed by atoms with Crippen LogP contribution in [0.15, 0.2) is 40.2 Å². The van der Waals surface area contributed by atoms with E-state index in [0.717, 1.165) is 16.5 Å². The van der Waals surface area contributed by atoms with Gasteiger partial charge in [0.15, 0.2) is 0 Å². The van der Waals surface area contributed by atoms with Crippen LogP contribution in [-0.4, -0.2) is 30.2 Å². The molecule has 1 aliphatic rings. The maximum Gasteiger partial charge on any atom is 0.149 e. The highest BCUT2D eigenvalue weighted by Crippen LogP contribution is 2.38. The van der Waals surface area contributed by atoms with Crippen molar-refractivity contribution in [2.24, 2.45) is 17.8 Å². The quantitative estimate of drug-likeness (QED) is 0.635. The lowest BCUT2D eigenvalue weighted by Crippen LogP contribution is -2.24. The maximum atomic E-state index is 12.4. The van der Waals surface area contributed by atoms with Gasteiger partial charge < -0.3 is 9.47 Å². The average Bonchev–Trinajstić information content (AvgIpc) is 3.28. The van der Waals surface area contributed by atoms with Crippen molar-refractivity contribution in [3.05, 3.63) is 35.8 Å². The van der Waals surface area contributed by atoms with Crippen LogP contribution in [0.1, 0.15) is 12.8 Å². The number of nitrogens with zero attached hydrogens (tertiary/aromatic N) is 2. The number of rotatable bonds is 8. The Morgan fingerprint density at radius 3 is 3.00 bits per heavy atom. The van der Waals surface area contributed by atoms with Crippen molar-refractivity contribution in [3.63, 3.8) is 0 Å². The zero-order valence-corrected chi connectivity index (χ0v) is 16.1. The third-order valence-electron chi connectivity index (χ3n) is 4.59. The maximum absolute atomic E-state index is 12.4. The Morgan fingerprint density at radius 2 is 2.27 bits per heavy atom. The summed E-state index contributed by atoms with van der Waals surface area (Å²) in [4.78, 5) is 16.7. The molecule has 136 valence electrons. The molecule has 0 radical (unpaired) electrons. The predicted octanol–water partition coefficient (Wildman–Crippen LogP) is 4.06. The molecule has 0 spiro atoms. The largest absolute Gasteiger partial charge is 0.497 e. The summed E-state index contributed by atoms with van der Waals surface area (Å²) in [6, 6.07) is 9.66. The summed E-state index contributed by atoms with van der Waals surface area (Å²) in [5.41, 5.74) is 0. The van der Waals surface area contributed by atoms with Gasteiger partial charge >= 0.3 is 0 Å². The average molecular weight is 389 g/mol. The highest BCUT2D eigenvalue weighted by atomic mass is 32.2. The molecular formula is C19H20N2O3S2. The van der Waals surface area contributed by atoms with Gasteiger partial charge in [-0.1, -0.05) is 17.8 Å². The van der Waals surface area contributed by atoms with Crippen LogP contribution in [0.25, 0.3) is 0 Å². The molecule has 3 atom stereocenters. The Kier molecular flexibility index (Phi) is 6.53. The minimum atomic E-state index is -0.234. The molecule has 5 nitrogen and oxygen atoms in total. The van der Waals surface area contributed by atoms with Crippen molar-refractivity contribution in [2.45, 2.75) is 17.2 Å². The molecule has 0 aliphatic heterocycles. The summed E-state index contributed by atoms with van der Waals surface area (Å²) in [5, 5.41) is 11.4. The van der Waals surface area contributed by atoms with E-state index in [0.29, 0.717) is 24.5 Å². The molecule has 1 aromatic heterocycles. The molecule has 0 saturated heterocycles. The number of ether oxygens (including phenoxy) is 2. The number of benzene rings is 1. The van der Waals surface area contributed by atoms with Gasteiger partial charge in [-0.2, -0.15) is 5.26 Å². The number of aromatic nitrogens is 1. The third-order valence-corrected chi connectivity index (χ3v) is 6.59. The molecule has 1 aliphatic carbocycles. The molecular weight excluding hydrogens is 368 g/mol. The van der Waals surface area contributed by atoms with Crippen LogP contribution in [0.4, 0.5) is 0 Å². The van der Waals surface area contributed by atoms with Gasteiger partial charge in [0.05, 0.1) is 31.6 Å². The first-order valence-corrected chi connectivity index (χ1v) is 10.3. The third kappa shape index (κ3) is 4.57. The standard InChI is InChI=1S/C19H20N2O3S2/c1-23-14-3-2-4-15(10-14)24-12-17-16(13(11-20)9-18(17)22)5-7-25-19-21-6-8-26-19/h2-4,6,8,10,13,16-17H,5,7,9,12H2,1H3/t13?,16-,17+/m0/s1. The van der Waals surface area contributed by atoms with Crippen molar-refractivity contribution in [1.82, 2.24) is 4.98 Å². The summed E-state index contributed by atoms with van der Waals surface area (Å²) in [5.74, 6) is 1.94. The molecule has 1 aromatic carbocycles. The molecule has 1 heterocycles. The molecule has 2 aromatic rings. The Balaban J connectivity index is 1.60. The number of thioether (sulfide) groups is 1. The summed E-state index contributed by atoms with van der Waals surface area (Å²) in [7, 11) is 1.60. The Hall–Kier alpha value is -2.04. The van der Waals surface area contributed by atoms with E-state index in [1.54, 1.807) is 42.5 Å². The number of ketones is 1. The second-order valence-corrected chi connectivity index (χ2v) is 8.34. The fourth-order valence-electron chi connectivity index (χ4n) is 3.24. The van der Waals surface area contributed by atoms with E-state index >= 15 is 0 Å². The van der Waals surface area contributed by atoms with Crippen LogP contribution >= 0.6 is 23.1 Å². The van der Waals surface area contributed by atoms with Gasteiger partial charge in [-0.15, -0.1) is 11.3 Å². The fraction of sp³-hybridized carbons (Fsp3) is 0.421. The molecule has 26 heavy (non-hydrogen) atoms. The molecule has 1 saturated carbocycles. The molecule has 0 amide bonds. The van der Waals surface area contributed by atoms with Crippen LogP contribution in [0.2, 0.25) is 0 Å². The number of methoxy groups -OCH3 is 1. The van der Waals surface area contributed by atoms with Crippen molar-refractivity contribution >= 4 is 28.9 Å². The highest BCUT2D eigenvalue weighted by Gasteiger charge is 2.42. The van der Waals surface area contributed by atoms with Crippen LogP contribution in [-0.2, 0) is 4.79 Å². The first-order chi connectivity index (χ1) is 12.7. The normalized spacial score (nSPS) is 22.2. The molecule has 0 bridgehead atoms. The second kappa shape index (κ2) is 9.06. The first-order valence-electron chi connectivity index (χ1n) is 8.42. The van der Waals surface area contributed by atoms with E-state index in [9.17, 15) is 10.1 Å². The second-order valence-electron chi connectivity index (χ2n) is 6.10. The minimum absolute atomic E-state index is 0.0329. The predicted molar refractivity (Wildman–Crippen MR) is 102 cm³/mol. The van der Waals surface area contributed by atoms with Crippen molar-refractivity contribution in [3.8, 4) is 17.6 Å². The van der Waals surface area contributed by atoms with E-state index in [-0.39, 0.29) is 23.5 Å². The van der Waals surface area contributed by atoms with Gasteiger partial charge in [0, 0.05) is 29.8 Å². The summed E-state index contributed by atoms with van der Waals surface area (Å²) >= 11 is 3.29. The fourth-order valence-corrected chi connectivity index (χ4v) is 4.99. The van der Waals surface area contributed by atoms with E-state index in [2.05, 4.69) is 11.1 Å². The van der Waals surface area contributed by atoms with Crippen molar-refractivity contribution < 1.29 is 14.3 Å². The number of hydrogen-bond donors (Lipinski definition) is 0. The summed E-state index contributed by atoms with van der Waals surface area (Å²) in [6.07, 6.45) is 2.92. The number of Topliss-reactive ketones (excluding diaryl/α,β-unsaturated/α-hetero) is 1. The van der Waals surface area contributed by atoms with Gasteiger partial charge in [-0.05, 0) is 24.5 Å². The minimum Gasteiger partial charge on any atom is -0.497 e. The van der Waals surface area contributed by atoms with Gasteiger partial charge in [0.1, 0.15) is 21.6 Å². The SMILES string of the molecule is COc1cccc(OC[C@H]2C(=O)CC(C#N)[C@@H]2CCSc2nccs2)c1. The van der Waals surface area contributed by atoms with Crippen molar-refractivity contribution in [2.75, 3.05) is 19.5 Å². The topological polar surface area (TPSA) is 72.2 Å². The van der Waals surface area contributed by atoms with Gasteiger partial charge in [0.2, 0.25) is 0 Å². The summed E-state index contributed by atoms with van der Waals surface area (Å²) in [6.45, 7) is 0.302. The number of carbonyl (C=O) groups is 1. The lowest BCUT2D eigenvalue weighted by atomic mass is 9.88.